The molecular weight excluding hydrogens is 415 g/mol. The molecule has 3 rings (SSSR count). The molecule has 0 spiro atoms. The van der Waals surface area contributed by atoms with Gasteiger partial charge in [0.15, 0.2) is 0 Å². The van der Waals surface area contributed by atoms with Crippen molar-refractivity contribution in [2.45, 2.75) is 6.36 Å². The Morgan fingerprint density at radius 2 is 1.66 bits per heavy atom. The number of rotatable bonds is 4. The van der Waals surface area contributed by atoms with Crippen molar-refractivity contribution in [3.8, 4) is 16.9 Å². The van der Waals surface area contributed by atoms with E-state index in [4.69, 9.17) is 16.3 Å². The van der Waals surface area contributed by atoms with Gasteiger partial charge >= 0.3 is 12.3 Å². The van der Waals surface area contributed by atoms with Gasteiger partial charge in [-0.2, -0.15) is 0 Å². The summed E-state index contributed by atoms with van der Waals surface area (Å²) in [5, 5.41) is 9.36. The second kappa shape index (κ2) is 8.30. The smallest absolute Gasteiger partial charge is 0.478 e. The minimum absolute atomic E-state index is 0.145. The van der Waals surface area contributed by atoms with Crippen LogP contribution in [0.2, 0.25) is 5.02 Å². The zero-order valence-corrected chi connectivity index (χ0v) is 15.6. The summed E-state index contributed by atoms with van der Waals surface area (Å²) < 4.78 is 46.3. The van der Waals surface area contributed by atoms with E-state index in [9.17, 15) is 27.9 Å². The van der Waals surface area contributed by atoms with Crippen LogP contribution < -0.4 is 4.74 Å². The molecule has 0 radical (unpaired) electrons. The van der Waals surface area contributed by atoms with Gasteiger partial charge in [-0.3, -0.25) is 4.79 Å². The predicted octanol–water partition coefficient (Wildman–Crippen LogP) is 4.08. The van der Waals surface area contributed by atoms with Crippen LogP contribution in [0.25, 0.3) is 11.1 Å². The van der Waals surface area contributed by atoms with Crippen molar-refractivity contribution in [1.82, 2.24) is 4.90 Å². The van der Waals surface area contributed by atoms with Gasteiger partial charge in [-0.25, -0.2) is 4.79 Å². The Balaban J connectivity index is 1.90. The summed E-state index contributed by atoms with van der Waals surface area (Å²) in [6, 6.07) is 7.76. The molecule has 6 nitrogen and oxygen atoms in total. The maximum atomic E-state index is 12.6. The minimum Gasteiger partial charge on any atom is -0.478 e. The Bertz CT molecular complexity index is 942. The highest BCUT2D eigenvalue weighted by molar-refractivity contribution is 6.34. The van der Waals surface area contributed by atoms with E-state index in [1.165, 1.54) is 18.2 Å². The molecule has 0 bridgehead atoms. The lowest BCUT2D eigenvalue weighted by atomic mass is 10.0. The van der Waals surface area contributed by atoms with Gasteiger partial charge in [-0.1, -0.05) is 23.7 Å². The molecule has 29 heavy (non-hydrogen) atoms. The number of carboxylic acid groups (broad SMARTS) is 1. The van der Waals surface area contributed by atoms with Crippen molar-refractivity contribution < 1.29 is 37.3 Å². The molecule has 10 heteroatoms. The number of benzene rings is 2. The van der Waals surface area contributed by atoms with Crippen LogP contribution in [0.4, 0.5) is 13.2 Å². The van der Waals surface area contributed by atoms with Gasteiger partial charge in [0.25, 0.3) is 5.91 Å². The van der Waals surface area contributed by atoms with Crippen LogP contribution in [0.1, 0.15) is 20.7 Å². The molecule has 154 valence electrons. The number of alkyl halides is 3. The first-order chi connectivity index (χ1) is 13.7. The van der Waals surface area contributed by atoms with Crippen molar-refractivity contribution >= 4 is 23.5 Å². The van der Waals surface area contributed by atoms with E-state index in [0.717, 1.165) is 12.1 Å². The third-order valence-electron chi connectivity index (χ3n) is 4.27. The van der Waals surface area contributed by atoms with E-state index in [2.05, 4.69) is 4.74 Å². The van der Waals surface area contributed by atoms with Crippen molar-refractivity contribution in [1.29, 1.82) is 0 Å². The van der Waals surface area contributed by atoms with Gasteiger partial charge in [0.2, 0.25) is 0 Å². The SMILES string of the molecule is O=C(O)c1cc(-c2ccc(C(=O)N3CCOCC3)c(Cl)c2)ccc1OC(F)(F)F. The van der Waals surface area contributed by atoms with E-state index >= 15 is 0 Å². The Kier molecular flexibility index (Phi) is 5.99. The Labute approximate surface area is 168 Å². The quantitative estimate of drug-likeness (QED) is 0.792. The van der Waals surface area contributed by atoms with Crippen molar-refractivity contribution in [2.75, 3.05) is 26.3 Å². The zero-order chi connectivity index (χ0) is 21.2. The van der Waals surface area contributed by atoms with Gasteiger partial charge in [0, 0.05) is 13.1 Å². The molecule has 0 unspecified atom stereocenters. The van der Waals surface area contributed by atoms with Gasteiger partial charge < -0.3 is 19.5 Å². The summed E-state index contributed by atoms with van der Waals surface area (Å²) >= 11 is 6.25. The van der Waals surface area contributed by atoms with Crippen LogP contribution >= 0.6 is 11.6 Å². The van der Waals surface area contributed by atoms with E-state index < -0.39 is 23.6 Å². The molecule has 0 aliphatic carbocycles. The van der Waals surface area contributed by atoms with Crippen molar-refractivity contribution in [3.05, 3.63) is 52.5 Å². The number of nitrogens with zero attached hydrogens (tertiary/aromatic N) is 1. The number of amides is 1. The summed E-state index contributed by atoms with van der Waals surface area (Å²) in [5.41, 5.74) is 0.371. The lowest BCUT2D eigenvalue weighted by Crippen LogP contribution is -2.40. The van der Waals surface area contributed by atoms with Crippen LogP contribution in [0, 0.1) is 0 Å². The average Bonchev–Trinajstić information content (AvgIpc) is 2.67. The maximum absolute atomic E-state index is 12.6. The average molecular weight is 430 g/mol. The van der Waals surface area contributed by atoms with Crippen LogP contribution in [0.15, 0.2) is 36.4 Å². The number of halogens is 4. The third kappa shape index (κ3) is 4.99. The molecule has 1 amide bonds. The number of carboxylic acids is 1. The molecule has 1 saturated heterocycles. The molecular formula is C19H15ClF3NO5. The molecule has 0 atom stereocenters. The van der Waals surface area contributed by atoms with Crippen LogP contribution in [0.3, 0.4) is 0 Å². The number of hydrogen-bond donors (Lipinski definition) is 1. The second-order valence-electron chi connectivity index (χ2n) is 6.16. The standard InChI is InChI=1S/C19H15ClF3NO5/c20-15-10-12(1-3-13(15)17(25)24-5-7-28-8-6-24)11-2-4-16(29-19(21,22)23)14(9-11)18(26)27/h1-4,9-10H,5-8H2,(H,26,27). The monoisotopic (exact) mass is 429 g/mol. The molecule has 1 aliphatic heterocycles. The zero-order valence-electron chi connectivity index (χ0n) is 14.8. The second-order valence-corrected chi connectivity index (χ2v) is 6.57. The molecule has 2 aromatic rings. The lowest BCUT2D eigenvalue weighted by Gasteiger charge is -2.27. The number of carbonyl (C=O) groups excluding carboxylic acids is 1. The Morgan fingerprint density at radius 3 is 2.24 bits per heavy atom. The fourth-order valence-electron chi connectivity index (χ4n) is 2.90. The van der Waals surface area contributed by atoms with E-state index in [1.807, 2.05) is 0 Å². The fraction of sp³-hybridized carbons (Fsp3) is 0.263. The van der Waals surface area contributed by atoms with Gasteiger partial charge in [0.1, 0.15) is 11.3 Å². The molecule has 1 heterocycles. The molecule has 1 N–H and O–H groups in total. The van der Waals surface area contributed by atoms with Crippen LogP contribution in [-0.4, -0.2) is 54.5 Å². The number of ether oxygens (including phenoxy) is 2. The normalized spacial score (nSPS) is 14.6. The van der Waals surface area contributed by atoms with Gasteiger partial charge in [-0.15, -0.1) is 13.2 Å². The molecule has 1 aliphatic rings. The highest BCUT2D eigenvalue weighted by Gasteiger charge is 2.33. The first-order valence-corrected chi connectivity index (χ1v) is 8.83. The van der Waals surface area contributed by atoms with Crippen molar-refractivity contribution in [2.24, 2.45) is 0 Å². The maximum Gasteiger partial charge on any atom is 0.573 e. The predicted molar refractivity (Wildman–Crippen MR) is 97.3 cm³/mol. The minimum atomic E-state index is -5.02. The topological polar surface area (TPSA) is 76.1 Å². The van der Waals surface area contributed by atoms with Crippen molar-refractivity contribution in [3.63, 3.8) is 0 Å². The number of morpholine rings is 1. The van der Waals surface area contributed by atoms with Gasteiger partial charge in [-0.05, 0) is 35.4 Å². The summed E-state index contributed by atoms with van der Waals surface area (Å²) in [7, 11) is 0. The number of aromatic carboxylic acids is 1. The summed E-state index contributed by atoms with van der Waals surface area (Å²) in [4.78, 5) is 25.5. The molecule has 0 saturated carbocycles. The highest BCUT2D eigenvalue weighted by Crippen LogP contribution is 2.32. The Hall–Kier alpha value is -2.78. The number of carbonyl (C=O) groups is 2. The summed E-state index contributed by atoms with van der Waals surface area (Å²) in [6.45, 7) is 1.76. The third-order valence-corrected chi connectivity index (χ3v) is 4.58. The first-order valence-electron chi connectivity index (χ1n) is 8.46. The van der Waals surface area contributed by atoms with E-state index in [0.29, 0.717) is 37.4 Å². The fourth-order valence-corrected chi connectivity index (χ4v) is 3.16. The molecule has 1 fully saturated rings. The first kappa shape index (κ1) is 20.9. The largest absolute Gasteiger partial charge is 0.573 e. The number of hydrogen-bond acceptors (Lipinski definition) is 4. The van der Waals surface area contributed by atoms with E-state index in [1.54, 1.807) is 11.0 Å². The summed E-state index contributed by atoms with van der Waals surface area (Å²) in [5.74, 6) is -2.65. The van der Waals surface area contributed by atoms with E-state index in [-0.39, 0.29) is 16.5 Å². The highest BCUT2D eigenvalue weighted by atomic mass is 35.5. The van der Waals surface area contributed by atoms with Gasteiger partial charge in [0.05, 0.1) is 23.8 Å². The molecule has 0 aromatic heterocycles. The lowest BCUT2D eigenvalue weighted by molar-refractivity contribution is -0.274. The Morgan fingerprint density at radius 1 is 1.03 bits per heavy atom. The van der Waals surface area contributed by atoms with Crippen LogP contribution in [0.5, 0.6) is 5.75 Å². The van der Waals surface area contributed by atoms with Crippen LogP contribution in [-0.2, 0) is 4.74 Å². The molecule has 2 aromatic carbocycles. The summed E-state index contributed by atoms with van der Waals surface area (Å²) in [6.07, 6.45) is -5.02.